The predicted molar refractivity (Wildman–Crippen MR) is 90.0 cm³/mol. The second-order valence-corrected chi connectivity index (χ2v) is 6.20. The first-order valence-electron chi connectivity index (χ1n) is 8.39. The number of nitrogens with zero attached hydrogens (tertiary/aromatic N) is 2. The number of ether oxygens (including phenoxy) is 3. The van der Waals surface area contributed by atoms with Gasteiger partial charge in [-0.15, -0.1) is 0 Å². The molecular formula is C18H21N3O4. The largest absolute Gasteiger partial charge is 0.493 e. The highest BCUT2D eigenvalue weighted by molar-refractivity contribution is 5.93. The third-order valence-electron chi connectivity index (χ3n) is 4.91. The van der Waals surface area contributed by atoms with Gasteiger partial charge in [0.2, 0.25) is 0 Å². The summed E-state index contributed by atoms with van der Waals surface area (Å²) in [4.78, 5) is 17.0. The van der Waals surface area contributed by atoms with Crippen molar-refractivity contribution < 1.29 is 19.0 Å². The van der Waals surface area contributed by atoms with Crippen LogP contribution in [0.25, 0.3) is 0 Å². The summed E-state index contributed by atoms with van der Waals surface area (Å²) < 4.78 is 18.2. The maximum atomic E-state index is 12.8. The van der Waals surface area contributed by atoms with Crippen LogP contribution >= 0.6 is 0 Å². The van der Waals surface area contributed by atoms with Crippen LogP contribution in [-0.4, -0.2) is 36.3 Å². The monoisotopic (exact) mass is 343 g/mol. The Hall–Kier alpha value is -2.54. The molecule has 0 bridgehead atoms. The fraction of sp³-hybridized carbons (Fsp3) is 0.444. The Morgan fingerprint density at radius 2 is 2.24 bits per heavy atom. The molecule has 1 unspecified atom stereocenters. The Bertz CT molecular complexity index is 815. The summed E-state index contributed by atoms with van der Waals surface area (Å²) in [5.74, 6) is 2.18. The smallest absolute Gasteiger partial charge is 0.270 e. The molecule has 1 aliphatic carbocycles. The van der Waals surface area contributed by atoms with Gasteiger partial charge < -0.3 is 24.1 Å². The van der Waals surface area contributed by atoms with Crippen LogP contribution in [0.1, 0.15) is 39.9 Å². The van der Waals surface area contributed by atoms with E-state index in [0.29, 0.717) is 25.5 Å². The zero-order valence-corrected chi connectivity index (χ0v) is 14.4. The fourth-order valence-corrected chi connectivity index (χ4v) is 3.70. The molecule has 0 spiro atoms. The number of hydrogen-bond donors (Lipinski definition) is 1. The zero-order chi connectivity index (χ0) is 17.4. The Labute approximate surface area is 145 Å². The molecule has 1 aliphatic heterocycles. The number of benzene rings is 1. The molecule has 2 aromatic rings. The van der Waals surface area contributed by atoms with Gasteiger partial charge in [0.15, 0.2) is 11.5 Å². The van der Waals surface area contributed by atoms with Crippen LogP contribution in [0.4, 0.5) is 0 Å². The molecule has 7 nitrogen and oxygen atoms in total. The quantitative estimate of drug-likeness (QED) is 0.917. The van der Waals surface area contributed by atoms with Crippen LogP contribution < -0.4 is 14.8 Å². The predicted octanol–water partition coefficient (Wildman–Crippen LogP) is 1.85. The van der Waals surface area contributed by atoms with Crippen LogP contribution in [0, 0.1) is 0 Å². The molecule has 1 aromatic carbocycles. The van der Waals surface area contributed by atoms with E-state index in [-0.39, 0.29) is 11.9 Å². The van der Waals surface area contributed by atoms with E-state index in [4.69, 9.17) is 14.2 Å². The molecule has 0 fully saturated rings. The van der Waals surface area contributed by atoms with Gasteiger partial charge in [-0.3, -0.25) is 4.79 Å². The van der Waals surface area contributed by atoms with Gasteiger partial charge in [-0.25, -0.2) is 4.98 Å². The van der Waals surface area contributed by atoms with Crippen molar-refractivity contribution in [2.75, 3.05) is 20.8 Å². The minimum absolute atomic E-state index is 0.0340. The Kier molecular flexibility index (Phi) is 4.09. The molecule has 4 rings (SSSR count). The molecule has 1 atom stereocenters. The number of rotatable bonds is 4. The number of carbonyl (C=O) groups excluding carboxylic acids is 1. The molecule has 7 heteroatoms. The maximum Gasteiger partial charge on any atom is 0.270 e. The highest BCUT2D eigenvalue weighted by atomic mass is 16.5. The molecule has 0 radical (unpaired) electrons. The van der Waals surface area contributed by atoms with Gasteiger partial charge in [-0.2, -0.15) is 0 Å². The van der Waals surface area contributed by atoms with Gasteiger partial charge in [0, 0.05) is 12.1 Å². The van der Waals surface area contributed by atoms with E-state index < -0.39 is 0 Å². The van der Waals surface area contributed by atoms with E-state index in [9.17, 15) is 4.79 Å². The number of hydrogen-bond acceptors (Lipinski definition) is 5. The minimum atomic E-state index is -0.103. The van der Waals surface area contributed by atoms with E-state index in [2.05, 4.69) is 10.3 Å². The lowest BCUT2D eigenvalue weighted by molar-refractivity contribution is 0.0775. The minimum Gasteiger partial charge on any atom is -0.493 e. The average Bonchev–Trinajstić information content (AvgIpc) is 3.25. The van der Waals surface area contributed by atoms with Crippen molar-refractivity contribution in [2.24, 2.45) is 0 Å². The number of nitrogens with one attached hydrogen (secondary N) is 1. The molecule has 0 saturated carbocycles. The third kappa shape index (κ3) is 2.64. The molecule has 132 valence electrons. The Balaban J connectivity index is 1.58. The number of aromatic nitrogens is 2. The van der Waals surface area contributed by atoms with Gasteiger partial charge in [-0.1, -0.05) is 6.07 Å². The van der Waals surface area contributed by atoms with E-state index in [0.717, 1.165) is 41.3 Å². The Morgan fingerprint density at radius 1 is 1.36 bits per heavy atom. The van der Waals surface area contributed by atoms with Crippen molar-refractivity contribution in [3.05, 3.63) is 41.0 Å². The van der Waals surface area contributed by atoms with Crippen LogP contribution in [0.3, 0.4) is 0 Å². The van der Waals surface area contributed by atoms with Crippen LogP contribution in [0.2, 0.25) is 0 Å². The number of methoxy groups -OCH3 is 2. The molecule has 1 amide bonds. The van der Waals surface area contributed by atoms with Gasteiger partial charge in [0.05, 0.1) is 33.1 Å². The topological polar surface area (TPSA) is 74.6 Å². The summed E-state index contributed by atoms with van der Waals surface area (Å²) in [6.45, 7) is 1.72. The molecule has 2 heterocycles. The third-order valence-corrected chi connectivity index (χ3v) is 4.91. The molecule has 2 aliphatic rings. The van der Waals surface area contributed by atoms with Crippen LogP contribution in [0.15, 0.2) is 18.3 Å². The van der Waals surface area contributed by atoms with Crippen molar-refractivity contribution in [2.45, 2.75) is 32.0 Å². The molecular weight excluding hydrogens is 322 g/mol. The van der Waals surface area contributed by atoms with Crippen molar-refractivity contribution in [1.29, 1.82) is 0 Å². The second kappa shape index (κ2) is 6.40. The van der Waals surface area contributed by atoms with E-state index in [1.165, 1.54) is 0 Å². The van der Waals surface area contributed by atoms with Crippen LogP contribution in [0.5, 0.6) is 11.5 Å². The van der Waals surface area contributed by atoms with Gasteiger partial charge in [0.1, 0.15) is 18.1 Å². The van der Waals surface area contributed by atoms with Crippen molar-refractivity contribution >= 4 is 5.91 Å². The van der Waals surface area contributed by atoms with Crippen molar-refractivity contribution in [3.63, 3.8) is 0 Å². The van der Waals surface area contributed by atoms with Crippen LogP contribution in [-0.2, 0) is 24.3 Å². The summed E-state index contributed by atoms with van der Waals surface area (Å²) in [6.07, 6.45) is 3.32. The molecule has 0 saturated heterocycles. The molecule has 25 heavy (non-hydrogen) atoms. The summed E-state index contributed by atoms with van der Waals surface area (Å²) in [5.41, 5.74) is 2.79. The number of amides is 1. The number of carbonyl (C=O) groups is 1. The summed E-state index contributed by atoms with van der Waals surface area (Å²) >= 11 is 0. The number of imidazole rings is 1. The fourth-order valence-electron chi connectivity index (χ4n) is 3.70. The lowest BCUT2D eigenvalue weighted by atomic mass is 10.1. The van der Waals surface area contributed by atoms with E-state index in [1.807, 2.05) is 16.7 Å². The second-order valence-electron chi connectivity index (χ2n) is 6.20. The highest BCUT2D eigenvalue weighted by Gasteiger charge is 2.30. The lowest BCUT2D eigenvalue weighted by Crippen LogP contribution is -2.30. The van der Waals surface area contributed by atoms with Crippen molar-refractivity contribution in [3.8, 4) is 11.5 Å². The lowest BCUT2D eigenvalue weighted by Gasteiger charge is -2.19. The molecule has 1 aromatic heterocycles. The summed E-state index contributed by atoms with van der Waals surface area (Å²) in [6, 6.07) is 3.86. The van der Waals surface area contributed by atoms with E-state index in [1.54, 1.807) is 20.4 Å². The SMILES string of the molecule is COc1ccc2c(c1OC)CCC2NC(=O)c1cnc2n1CCOC2. The van der Waals surface area contributed by atoms with Gasteiger partial charge >= 0.3 is 0 Å². The first kappa shape index (κ1) is 16.0. The first-order valence-corrected chi connectivity index (χ1v) is 8.39. The standard InChI is InChI=1S/C18H21N3O4/c1-23-15-6-4-11-12(17(15)24-2)3-5-13(11)20-18(22)14-9-19-16-10-25-8-7-21(14)16/h4,6,9,13H,3,5,7-8,10H2,1-2H3,(H,20,22). The maximum absolute atomic E-state index is 12.8. The summed E-state index contributed by atoms with van der Waals surface area (Å²) in [5, 5.41) is 3.14. The molecule has 1 N–H and O–H groups in total. The Morgan fingerprint density at radius 3 is 3.04 bits per heavy atom. The zero-order valence-electron chi connectivity index (χ0n) is 14.4. The van der Waals surface area contributed by atoms with Gasteiger partial charge in [-0.05, 0) is 24.5 Å². The number of fused-ring (bicyclic) bond motifs is 2. The normalized spacial score (nSPS) is 18.4. The van der Waals surface area contributed by atoms with Crippen molar-refractivity contribution in [1.82, 2.24) is 14.9 Å². The van der Waals surface area contributed by atoms with Gasteiger partial charge in [0.25, 0.3) is 5.91 Å². The summed E-state index contributed by atoms with van der Waals surface area (Å²) in [7, 11) is 3.27. The first-order chi connectivity index (χ1) is 12.2. The van der Waals surface area contributed by atoms with E-state index >= 15 is 0 Å². The highest BCUT2D eigenvalue weighted by Crippen LogP contribution is 2.42. The average molecular weight is 343 g/mol.